The van der Waals surface area contributed by atoms with Crippen LogP contribution in [-0.2, 0) is 18.5 Å². The highest BCUT2D eigenvalue weighted by Crippen LogP contribution is 2.17. The normalized spacial score (nSPS) is 10.6. The molecular formula is C14H17BrN2O. The lowest BCUT2D eigenvalue weighted by molar-refractivity contribution is 0.292. The van der Waals surface area contributed by atoms with E-state index >= 15 is 0 Å². The maximum absolute atomic E-state index is 5.81. The van der Waals surface area contributed by atoms with Gasteiger partial charge >= 0.3 is 0 Å². The second-order valence-electron chi connectivity index (χ2n) is 4.16. The number of aromatic nitrogens is 2. The van der Waals surface area contributed by atoms with Gasteiger partial charge in [-0.05, 0) is 37.6 Å². The molecule has 2 rings (SSSR count). The number of halogens is 1. The summed E-state index contributed by atoms with van der Waals surface area (Å²) in [6.45, 7) is 5.51. The van der Waals surface area contributed by atoms with E-state index in [9.17, 15) is 0 Å². The topological polar surface area (TPSA) is 27.1 Å². The van der Waals surface area contributed by atoms with Gasteiger partial charge in [-0.3, -0.25) is 4.68 Å². The van der Waals surface area contributed by atoms with Gasteiger partial charge in [-0.25, -0.2) is 0 Å². The van der Waals surface area contributed by atoms with Gasteiger partial charge < -0.3 is 4.74 Å². The van der Waals surface area contributed by atoms with Gasteiger partial charge in [0.15, 0.2) is 0 Å². The second kappa shape index (κ2) is 6.05. The molecule has 0 saturated carbocycles. The molecule has 18 heavy (non-hydrogen) atoms. The summed E-state index contributed by atoms with van der Waals surface area (Å²) < 4.78 is 7.78. The van der Waals surface area contributed by atoms with Crippen LogP contribution in [0.1, 0.15) is 23.9 Å². The standard InChI is InChI=1S/C14H17BrN2O/c1-3-17-13(7-11(2)16-17)10-18-14-6-4-5-12(8-14)9-15/h4-8H,3,9-10H2,1-2H3. The lowest BCUT2D eigenvalue weighted by Crippen LogP contribution is -2.06. The van der Waals surface area contributed by atoms with Crippen molar-refractivity contribution in [2.24, 2.45) is 0 Å². The van der Waals surface area contributed by atoms with Gasteiger partial charge in [-0.15, -0.1) is 0 Å². The van der Waals surface area contributed by atoms with Crippen molar-refractivity contribution in [3.8, 4) is 5.75 Å². The van der Waals surface area contributed by atoms with Gasteiger partial charge in [-0.2, -0.15) is 5.10 Å². The van der Waals surface area contributed by atoms with E-state index in [0.29, 0.717) is 6.61 Å². The zero-order chi connectivity index (χ0) is 13.0. The Hall–Kier alpha value is -1.29. The van der Waals surface area contributed by atoms with Crippen molar-refractivity contribution in [1.29, 1.82) is 0 Å². The fourth-order valence-corrected chi connectivity index (χ4v) is 2.21. The first kappa shape index (κ1) is 13.1. The highest BCUT2D eigenvalue weighted by atomic mass is 79.9. The minimum atomic E-state index is 0.556. The fourth-order valence-electron chi connectivity index (χ4n) is 1.86. The van der Waals surface area contributed by atoms with Gasteiger partial charge in [0.05, 0.1) is 11.4 Å². The third-order valence-electron chi connectivity index (χ3n) is 2.72. The summed E-state index contributed by atoms with van der Waals surface area (Å²) >= 11 is 3.44. The number of hydrogen-bond acceptors (Lipinski definition) is 2. The predicted molar refractivity (Wildman–Crippen MR) is 76.0 cm³/mol. The van der Waals surface area contributed by atoms with Crippen LogP contribution >= 0.6 is 15.9 Å². The predicted octanol–water partition coefficient (Wildman–Crippen LogP) is 3.69. The monoisotopic (exact) mass is 308 g/mol. The van der Waals surface area contributed by atoms with E-state index in [1.54, 1.807) is 0 Å². The number of aryl methyl sites for hydroxylation is 2. The molecule has 0 fully saturated rings. The van der Waals surface area contributed by atoms with Gasteiger partial charge in [0.25, 0.3) is 0 Å². The summed E-state index contributed by atoms with van der Waals surface area (Å²) in [5.41, 5.74) is 3.36. The number of alkyl halides is 1. The van der Waals surface area contributed by atoms with Crippen molar-refractivity contribution in [1.82, 2.24) is 9.78 Å². The van der Waals surface area contributed by atoms with Crippen LogP contribution in [-0.4, -0.2) is 9.78 Å². The molecular weight excluding hydrogens is 292 g/mol. The summed E-state index contributed by atoms with van der Waals surface area (Å²) in [5, 5.41) is 5.25. The van der Waals surface area contributed by atoms with Crippen molar-refractivity contribution >= 4 is 15.9 Å². The molecule has 1 heterocycles. The number of ether oxygens (including phenoxy) is 1. The smallest absolute Gasteiger partial charge is 0.130 e. The average molecular weight is 309 g/mol. The first-order chi connectivity index (χ1) is 8.72. The number of hydrogen-bond donors (Lipinski definition) is 0. The van der Waals surface area contributed by atoms with Gasteiger partial charge in [0, 0.05) is 11.9 Å². The minimum Gasteiger partial charge on any atom is -0.487 e. The molecule has 1 aromatic carbocycles. The van der Waals surface area contributed by atoms with Crippen LogP contribution in [0, 0.1) is 6.92 Å². The zero-order valence-corrected chi connectivity index (χ0v) is 12.3. The number of nitrogens with zero attached hydrogens (tertiary/aromatic N) is 2. The third-order valence-corrected chi connectivity index (χ3v) is 3.37. The Morgan fingerprint density at radius 1 is 1.33 bits per heavy atom. The van der Waals surface area contributed by atoms with Crippen molar-refractivity contribution in [2.75, 3.05) is 0 Å². The maximum Gasteiger partial charge on any atom is 0.130 e. The quantitative estimate of drug-likeness (QED) is 0.788. The molecule has 0 radical (unpaired) electrons. The number of benzene rings is 1. The molecule has 2 aromatic rings. The Balaban J connectivity index is 2.06. The minimum absolute atomic E-state index is 0.556. The van der Waals surface area contributed by atoms with E-state index in [-0.39, 0.29) is 0 Å². The second-order valence-corrected chi connectivity index (χ2v) is 4.72. The van der Waals surface area contributed by atoms with Crippen molar-refractivity contribution in [3.05, 3.63) is 47.3 Å². The molecule has 4 heteroatoms. The summed E-state index contributed by atoms with van der Waals surface area (Å²) in [5.74, 6) is 0.897. The lowest BCUT2D eigenvalue weighted by Gasteiger charge is -2.08. The Labute approximate surface area is 116 Å². The fraction of sp³-hybridized carbons (Fsp3) is 0.357. The maximum atomic E-state index is 5.81. The van der Waals surface area contributed by atoms with Crippen molar-refractivity contribution in [3.63, 3.8) is 0 Å². The van der Waals surface area contributed by atoms with Gasteiger partial charge in [0.1, 0.15) is 12.4 Å². The molecule has 1 aromatic heterocycles. The van der Waals surface area contributed by atoms with Crippen LogP contribution in [0.4, 0.5) is 0 Å². The van der Waals surface area contributed by atoms with E-state index in [4.69, 9.17) is 4.74 Å². The summed E-state index contributed by atoms with van der Waals surface area (Å²) in [4.78, 5) is 0. The Kier molecular flexibility index (Phi) is 4.42. The van der Waals surface area contributed by atoms with Crippen LogP contribution in [0.3, 0.4) is 0 Å². The molecule has 0 unspecified atom stereocenters. The molecule has 3 nitrogen and oxygen atoms in total. The Morgan fingerprint density at radius 2 is 2.17 bits per heavy atom. The molecule has 0 aliphatic rings. The van der Waals surface area contributed by atoms with Crippen LogP contribution in [0.2, 0.25) is 0 Å². The molecule has 0 bridgehead atoms. The van der Waals surface area contributed by atoms with Crippen LogP contribution < -0.4 is 4.74 Å². The first-order valence-electron chi connectivity index (χ1n) is 6.04. The van der Waals surface area contributed by atoms with E-state index in [1.807, 2.05) is 29.8 Å². The van der Waals surface area contributed by atoms with Gasteiger partial charge in [-0.1, -0.05) is 28.1 Å². The van der Waals surface area contributed by atoms with E-state index in [1.165, 1.54) is 5.56 Å². The largest absolute Gasteiger partial charge is 0.487 e. The molecule has 0 saturated heterocycles. The van der Waals surface area contributed by atoms with E-state index in [2.05, 4.69) is 40.1 Å². The molecule has 0 aliphatic heterocycles. The van der Waals surface area contributed by atoms with E-state index < -0.39 is 0 Å². The zero-order valence-electron chi connectivity index (χ0n) is 10.7. The third kappa shape index (κ3) is 3.13. The van der Waals surface area contributed by atoms with E-state index in [0.717, 1.165) is 29.0 Å². The SMILES string of the molecule is CCn1nc(C)cc1COc1cccc(CBr)c1. The summed E-state index contributed by atoms with van der Waals surface area (Å²) in [7, 11) is 0. The van der Waals surface area contributed by atoms with Crippen LogP contribution in [0.5, 0.6) is 5.75 Å². The molecule has 96 valence electrons. The molecule has 0 N–H and O–H groups in total. The molecule has 0 aliphatic carbocycles. The highest BCUT2D eigenvalue weighted by Gasteiger charge is 2.05. The Morgan fingerprint density at radius 3 is 2.89 bits per heavy atom. The lowest BCUT2D eigenvalue weighted by atomic mass is 10.2. The number of rotatable bonds is 5. The Bertz CT molecular complexity index is 522. The van der Waals surface area contributed by atoms with Crippen molar-refractivity contribution < 1.29 is 4.74 Å². The first-order valence-corrected chi connectivity index (χ1v) is 7.16. The highest BCUT2D eigenvalue weighted by molar-refractivity contribution is 9.08. The molecule has 0 atom stereocenters. The van der Waals surface area contributed by atoms with Crippen LogP contribution in [0.25, 0.3) is 0 Å². The molecule has 0 spiro atoms. The van der Waals surface area contributed by atoms with Crippen LogP contribution in [0.15, 0.2) is 30.3 Å². The molecule has 0 amide bonds. The van der Waals surface area contributed by atoms with Crippen molar-refractivity contribution in [2.45, 2.75) is 32.3 Å². The average Bonchev–Trinajstić information content (AvgIpc) is 2.77. The summed E-state index contributed by atoms with van der Waals surface area (Å²) in [6.07, 6.45) is 0. The summed E-state index contributed by atoms with van der Waals surface area (Å²) in [6, 6.07) is 10.2. The van der Waals surface area contributed by atoms with Gasteiger partial charge in [0.2, 0.25) is 0 Å².